The number of nitrogens with zero attached hydrogens (tertiary/aromatic N) is 1. The van der Waals surface area contributed by atoms with Crippen molar-refractivity contribution in [3.05, 3.63) is 58.9 Å². The number of benzene rings is 1. The molecule has 0 aliphatic rings. The molecule has 0 bridgehead atoms. The Morgan fingerprint density at radius 1 is 1.37 bits per heavy atom. The second-order valence-electron chi connectivity index (χ2n) is 4.21. The molecule has 0 aliphatic carbocycles. The summed E-state index contributed by atoms with van der Waals surface area (Å²) in [6.45, 7) is 1.90. The van der Waals surface area contributed by atoms with Crippen LogP contribution in [0.2, 0.25) is 5.15 Å². The summed E-state index contributed by atoms with van der Waals surface area (Å²) in [5, 5.41) is 3.01. The second-order valence-corrected chi connectivity index (χ2v) is 4.57. The summed E-state index contributed by atoms with van der Waals surface area (Å²) in [5.74, 6) is -0.291. The molecule has 5 heteroatoms. The van der Waals surface area contributed by atoms with Gasteiger partial charge >= 0.3 is 0 Å². The number of hydrogen-bond acceptors (Lipinski definition) is 3. The summed E-state index contributed by atoms with van der Waals surface area (Å²) in [7, 11) is 0. The van der Waals surface area contributed by atoms with E-state index in [1.807, 2.05) is 37.3 Å². The summed E-state index contributed by atoms with van der Waals surface area (Å²) in [6, 6.07) is 11.1. The number of anilines is 1. The Balaban J connectivity index is 2.15. The first-order valence-electron chi connectivity index (χ1n) is 5.84. The lowest BCUT2D eigenvalue weighted by molar-refractivity contribution is 0.0939. The van der Waals surface area contributed by atoms with Crippen LogP contribution in [-0.2, 0) is 0 Å². The first-order valence-corrected chi connectivity index (χ1v) is 6.22. The van der Waals surface area contributed by atoms with Gasteiger partial charge in [0.1, 0.15) is 5.15 Å². The van der Waals surface area contributed by atoms with Crippen molar-refractivity contribution in [3.8, 4) is 0 Å². The number of carbonyl (C=O) groups excluding carboxylic acids is 1. The smallest absolute Gasteiger partial charge is 0.254 e. The lowest BCUT2D eigenvalue weighted by atomic mass is 10.1. The van der Waals surface area contributed by atoms with E-state index in [-0.39, 0.29) is 22.7 Å². The predicted octanol–water partition coefficient (Wildman–Crippen LogP) is 2.81. The second kappa shape index (κ2) is 5.71. The van der Waals surface area contributed by atoms with Crippen LogP contribution in [0.5, 0.6) is 0 Å². The zero-order valence-electron chi connectivity index (χ0n) is 10.4. The third kappa shape index (κ3) is 3.23. The fourth-order valence-corrected chi connectivity index (χ4v) is 1.91. The van der Waals surface area contributed by atoms with E-state index >= 15 is 0 Å². The molecule has 2 aromatic rings. The Morgan fingerprint density at radius 2 is 2.05 bits per heavy atom. The summed E-state index contributed by atoms with van der Waals surface area (Å²) >= 11 is 5.89. The van der Waals surface area contributed by atoms with Gasteiger partial charge in [-0.1, -0.05) is 41.9 Å². The van der Waals surface area contributed by atoms with Gasteiger partial charge in [0.25, 0.3) is 5.91 Å². The monoisotopic (exact) mass is 275 g/mol. The molecule has 19 heavy (non-hydrogen) atoms. The van der Waals surface area contributed by atoms with Crippen LogP contribution in [0, 0.1) is 0 Å². The highest BCUT2D eigenvalue weighted by atomic mass is 35.5. The molecular formula is C14H14ClN3O. The highest BCUT2D eigenvalue weighted by Gasteiger charge is 2.15. The van der Waals surface area contributed by atoms with Crippen LogP contribution in [0.15, 0.2) is 42.6 Å². The molecule has 0 aliphatic heterocycles. The third-order valence-corrected chi connectivity index (χ3v) is 3.05. The van der Waals surface area contributed by atoms with Crippen molar-refractivity contribution >= 4 is 23.2 Å². The van der Waals surface area contributed by atoms with Gasteiger partial charge in [-0.2, -0.15) is 0 Å². The van der Waals surface area contributed by atoms with Crippen LogP contribution in [0.25, 0.3) is 0 Å². The van der Waals surface area contributed by atoms with Crippen LogP contribution in [0.3, 0.4) is 0 Å². The molecule has 1 aromatic heterocycles. The SMILES string of the molecule is CC(NC(=O)c1cc(N)cnc1Cl)c1ccccc1. The van der Waals surface area contributed by atoms with Crippen LogP contribution >= 0.6 is 11.6 Å². The lowest BCUT2D eigenvalue weighted by Crippen LogP contribution is -2.27. The van der Waals surface area contributed by atoms with Crippen molar-refractivity contribution in [1.29, 1.82) is 0 Å². The average molecular weight is 276 g/mol. The molecular weight excluding hydrogens is 262 g/mol. The molecule has 4 nitrogen and oxygen atoms in total. The maximum absolute atomic E-state index is 12.1. The van der Waals surface area contributed by atoms with E-state index in [1.54, 1.807) is 0 Å². The molecule has 2 rings (SSSR count). The number of halogens is 1. The maximum Gasteiger partial charge on any atom is 0.254 e. The normalized spacial score (nSPS) is 11.9. The Kier molecular flexibility index (Phi) is 4.02. The van der Waals surface area contributed by atoms with Gasteiger partial charge in [-0.3, -0.25) is 4.79 Å². The minimum Gasteiger partial charge on any atom is -0.397 e. The molecule has 98 valence electrons. The number of hydrogen-bond donors (Lipinski definition) is 2. The van der Waals surface area contributed by atoms with Crippen molar-refractivity contribution < 1.29 is 4.79 Å². The number of nitrogens with two attached hydrogens (primary N) is 1. The number of nitrogens with one attached hydrogen (secondary N) is 1. The summed E-state index contributed by atoms with van der Waals surface area (Å²) in [4.78, 5) is 16.0. The minimum absolute atomic E-state index is 0.119. The number of rotatable bonds is 3. The fraction of sp³-hybridized carbons (Fsp3) is 0.143. The minimum atomic E-state index is -0.291. The Labute approximate surface area is 116 Å². The molecule has 3 N–H and O–H groups in total. The predicted molar refractivity (Wildman–Crippen MR) is 76.0 cm³/mol. The third-order valence-electron chi connectivity index (χ3n) is 2.75. The van der Waals surface area contributed by atoms with Gasteiger partial charge in [0, 0.05) is 0 Å². The van der Waals surface area contributed by atoms with Gasteiger partial charge in [0.2, 0.25) is 0 Å². The highest BCUT2D eigenvalue weighted by molar-refractivity contribution is 6.32. The van der Waals surface area contributed by atoms with Crippen LogP contribution in [0.1, 0.15) is 28.9 Å². The van der Waals surface area contributed by atoms with E-state index in [4.69, 9.17) is 17.3 Å². The molecule has 1 heterocycles. The van der Waals surface area contributed by atoms with Crippen molar-refractivity contribution in [1.82, 2.24) is 10.3 Å². The summed E-state index contributed by atoms with van der Waals surface area (Å²) in [6.07, 6.45) is 1.42. The van der Waals surface area contributed by atoms with Crippen LogP contribution in [0.4, 0.5) is 5.69 Å². The number of aromatic nitrogens is 1. The summed E-state index contributed by atoms with van der Waals surface area (Å²) < 4.78 is 0. The van der Waals surface area contributed by atoms with Crippen molar-refractivity contribution in [2.24, 2.45) is 0 Å². The molecule has 1 unspecified atom stereocenters. The largest absolute Gasteiger partial charge is 0.397 e. The van der Waals surface area contributed by atoms with Gasteiger partial charge in [0.15, 0.2) is 0 Å². The standard InChI is InChI=1S/C14H14ClN3O/c1-9(10-5-3-2-4-6-10)18-14(19)12-7-11(16)8-17-13(12)15/h2-9H,16H2,1H3,(H,18,19). The topological polar surface area (TPSA) is 68.0 Å². The van der Waals surface area contributed by atoms with E-state index in [0.717, 1.165) is 5.56 Å². The molecule has 1 amide bonds. The van der Waals surface area contributed by atoms with Crippen molar-refractivity contribution in [2.75, 3.05) is 5.73 Å². The van der Waals surface area contributed by atoms with E-state index in [2.05, 4.69) is 10.3 Å². The van der Waals surface area contributed by atoms with E-state index in [0.29, 0.717) is 5.69 Å². The van der Waals surface area contributed by atoms with Gasteiger partial charge in [-0.25, -0.2) is 4.98 Å². The van der Waals surface area contributed by atoms with Gasteiger partial charge < -0.3 is 11.1 Å². The van der Waals surface area contributed by atoms with Crippen molar-refractivity contribution in [2.45, 2.75) is 13.0 Å². The van der Waals surface area contributed by atoms with E-state index < -0.39 is 0 Å². The Bertz CT molecular complexity index is 586. The zero-order valence-corrected chi connectivity index (χ0v) is 11.2. The first-order chi connectivity index (χ1) is 9.08. The number of amides is 1. The molecule has 0 saturated heterocycles. The number of pyridine rings is 1. The van der Waals surface area contributed by atoms with Crippen LogP contribution in [-0.4, -0.2) is 10.9 Å². The molecule has 0 radical (unpaired) electrons. The molecule has 1 atom stereocenters. The van der Waals surface area contributed by atoms with Gasteiger partial charge in [-0.15, -0.1) is 0 Å². The van der Waals surface area contributed by atoms with E-state index in [9.17, 15) is 4.79 Å². The number of nitrogen functional groups attached to an aromatic ring is 1. The van der Waals surface area contributed by atoms with Gasteiger partial charge in [0.05, 0.1) is 23.5 Å². The maximum atomic E-state index is 12.1. The highest BCUT2D eigenvalue weighted by Crippen LogP contribution is 2.18. The van der Waals surface area contributed by atoms with Crippen molar-refractivity contribution in [3.63, 3.8) is 0 Å². The fourth-order valence-electron chi connectivity index (χ4n) is 1.72. The summed E-state index contributed by atoms with van der Waals surface area (Å²) in [5.41, 5.74) is 7.31. The van der Waals surface area contributed by atoms with E-state index in [1.165, 1.54) is 12.3 Å². The molecule has 0 spiro atoms. The zero-order chi connectivity index (χ0) is 13.8. The first kappa shape index (κ1) is 13.4. The average Bonchev–Trinajstić information content (AvgIpc) is 2.42. The molecule has 1 aromatic carbocycles. The Morgan fingerprint density at radius 3 is 2.74 bits per heavy atom. The van der Waals surface area contributed by atoms with Gasteiger partial charge in [-0.05, 0) is 18.6 Å². The quantitative estimate of drug-likeness (QED) is 0.847. The lowest BCUT2D eigenvalue weighted by Gasteiger charge is -2.14. The Hall–Kier alpha value is -2.07. The van der Waals surface area contributed by atoms with Crippen LogP contribution < -0.4 is 11.1 Å². The molecule has 0 saturated carbocycles. The molecule has 0 fully saturated rings. The number of carbonyl (C=O) groups is 1.